The van der Waals surface area contributed by atoms with Crippen molar-refractivity contribution in [1.82, 2.24) is 0 Å². The van der Waals surface area contributed by atoms with Crippen LogP contribution in [0.2, 0.25) is 0 Å². The third-order valence-electron chi connectivity index (χ3n) is 5.71. The molecule has 0 heterocycles. The molecule has 0 atom stereocenters. The van der Waals surface area contributed by atoms with Crippen LogP contribution in [0, 0.1) is 0 Å². The zero-order valence-electron chi connectivity index (χ0n) is 17.3. The Morgan fingerprint density at radius 3 is 2.00 bits per heavy atom. The molecule has 0 bridgehead atoms. The monoisotopic (exact) mass is 460 g/mol. The van der Waals surface area contributed by atoms with Crippen LogP contribution in [0.15, 0.2) is 60.7 Å². The Morgan fingerprint density at radius 2 is 1.34 bits per heavy atom. The minimum absolute atomic E-state index is 0.334. The molecule has 0 amide bonds. The maximum absolute atomic E-state index is 7.11. The van der Waals surface area contributed by atoms with E-state index in [1.165, 1.54) is 33.4 Å². The van der Waals surface area contributed by atoms with Crippen molar-refractivity contribution in [2.75, 3.05) is 0 Å². The summed E-state index contributed by atoms with van der Waals surface area (Å²) in [7, 11) is 14.2. The molecule has 150 valence electrons. The number of para-hydroxylation sites is 1. The van der Waals surface area contributed by atoms with Gasteiger partial charge in [0.1, 0.15) is 0 Å². The van der Waals surface area contributed by atoms with Gasteiger partial charge >= 0.3 is 186 Å². The SMILES string of the molecule is CC(C)c1cccc(C(C)C)c1[O][Ti]([Cl])([Cl])[c]1cccc2c1Cc1ccccc1-2. The Bertz CT molecular complexity index is 1030. The van der Waals surface area contributed by atoms with Gasteiger partial charge in [0.25, 0.3) is 0 Å². The number of halogens is 2. The van der Waals surface area contributed by atoms with Gasteiger partial charge in [-0.1, -0.05) is 0 Å². The topological polar surface area (TPSA) is 9.23 Å². The zero-order valence-corrected chi connectivity index (χ0v) is 20.4. The Balaban J connectivity index is 1.80. The van der Waals surface area contributed by atoms with E-state index in [-0.39, 0.29) is 0 Å². The molecule has 0 saturated carbocycles. The van der Waals surface area contributed by atoms with Gasteiger partial charge in [-0.3, -0.25) is 0 Å². The van der Waals surface area contributed by atoms with Crippen molar-refractivity contribution >= 4 is 22.5 Å². The average Bonchev–Trinajstić information content (AvgIpc) is 3.06. The number of fused-ring (bicyclic) bond motifs is 3. The maximum atomic E-state index is 7.11. The number of hydrogen-bond donors (Lipinski definition) is 0. The van der Waals surface area contributed by atoms with Crippen LogP contribution >= 0.6 is 18.6 Å². The first kappa shape index (κ1) is 21.0. The summed E-state index contributed by atoms with van der Waals surface area (Å²) in [6, 6.07) is 21.2. The van der Waals surface area contributed by atoms with Gasteiger partial charge in [-0.25, -0.2) is 0 Å². The van der Waals surface area contributed by atoms with Crippen molar-refractivity contribution in [1.29, 1.82) is 0 Å². The molecule has 1 aliphatic carbocycles. The van der Waals surface area contributed by atoms with Crippen LogP contribution in [0.3, 0.4) is 0 Å². The average molecular weight is 461 g/mol. The van der Waals surface area contributed by atoms with E-state index in [0.29, 0.717) is 11.8 Å². The summed E-state index contributed by atoms with van der Waals surface area (Å²) >= 11 is -3.84. The van der Waals surface area contributed by atoms with Crippen molar-refractivity contribution in [3.8, 4) is 16.9 Å². The summed E-state index contributed by atoms with van der Waals surface area (Å²) < 4.78 is 7.62. The van der Waals surface area contributed by atoms with Crippen molar-refractivity contribution in [2.45, 2.75) is 46.0 Å². The van der Waals surface area contributed by atoms with Crippen LogP contribution < -0.4 is 7.19 Å². The molecule has 0 N–H and O–H groups in total. The van der Waals surface area contributed by atoms with Crippen LogP contribution in [0.1, 0.15) is 61.8 Å². The molecule has 0 spiro atoms. The van der Waals surface area contributed by atoms with Crippen molar-refractivity contribution in [3.05, 3.63) is 82.9 Å². The second kappa shape index (κ2) is 8.12. The van der Waals surface area contributed by atoms with Gasteiger partial charge in [0, 0.05) is 0 Å². The van der Waals surface area contributed by atoms with Gasteiger partial charge in [0.2, 0.25) is 0 Å². The van der Waals surface area contributed by atoms with E-state index in [1.54, 1.807) is 0 Å². The standard InChI is InChI=1S/C13H9.C12H18O.2ClH.Ti/c1-3-7-12-10(5-1)9-11-6-2-4-8-13(11)12;1-8(2)10-6-5-7-11(9(3)4)12(10)13;;;/h1-5,7-8H,9H2;5-9,13H,1-4H3;2*1H;/q;;;;+3/p-3. The third-order valence-corrected chi connectivity index (χ3v) is 10.5. The predicted molar refractivity (Wildman–Crippen MR) is 121 cm³/mol. The molecule has 0 saturated heterocycles. The quantitative estimate of drug-likeness (QED) is 0.279. The second-order valence-electron chi connectivity index (χ2n) is 8.36. The Labute approximate surface area is 185 Å². The molecular formula is C25H26Cl2OTi. The van der Waals surface area contributed by atoms with Crippen LogP contribution in [0.4, 0.5) is 0 Å². The molecule has 0 aliphatic heterocycles. The summed E-state index contributed by atoms with van der Waals surface area (Å²) in [6.45, 7) is 8.72. The molecule has 0 unspecified atom stereocenters. The second-order valence-corrected chi connectivity index (χ2v) is 16.3. The minimum atomic E-state index is -3.84. The van der Waals surface area contributed by atoms with Crippen LogP contribution in [-0.2, 0) is 21.3 Å². The van der Waals surface area contributed by atoms with Gasteiger partial charge in [-0.05, 0) is 0 Å². The van der Waals surface area contributed by atoms with Gasteiger partial charge in [-0.2, -0.15) is 0 Å². The van der Waals surface area contributed by atoms with E-state index in [4.69, 9.17) is 21.9 Å². The fourth-order valence-corrected chi connectivity index (χ4v) is 8.60. The molecule has 3 aromatic rings. The van der Waals surface area contributed by atoms with E-state index < -0.39 is 14.9 Å². The van der Waals surface area contributed by atoms with E-state index in [9.17, 15) is 0 Å². The molecule has 4 heteroatoms. The van der Waals surface area contributed by atoms with Gasteiger partial charge in [0.05, 0.1) is 0 Å². The fraction of sp³-hybridized carbons (Fsp3) is 0.280. The fourth-order valence-electron chi connectivity index (χ4n) is 4.21. The molecule has 0 fully saturated rings. The van der Waals surface area contributed by atoms with Crippen molar-refractivity contribution < 1.29 is 18.2 Å². The Kier molecular flexibility index (Phi) is 5.88. The van der Waals surface area contributed by atoms with Crippen molar-refractivity contribution in [2.24, 2.45) is 0 Å². The molecule has 1 nitrogen and oxygen atoms in total. The van der Waals surface area contributed by atoms with E-state index in [2.05, 4.69) is 88.4 Å². The molecule has 0 radical (unpaired) electrons. The number of hydrogen-bond acceptors (Lipinski definition) is 1. The molecule has 4 rings (SSSR count). The molecule has 0 aromatic heterocycles. The van der Waals surface area contributed by atoms with E-state index in [1.807, 2.05) is 0 Å². The van der Waals surface area contributed by atoms with Gasteiger partial charge < -0.3 is 0 Å². The first-order valence-electron chi connectivity index (χ1n) is 10.2. The van der Waals surface area contributed by atoms with E-state index >= 15 is 0 Å². The summed E-state index contributed by atoms with van der Waals surface area (Å²) in [5.41, 5.74) is 7.41. The summed E-state index contributed by atoms with van der Waals surface area (Å²) in [4.78, 5) is 0. The zero-order chi connectivity index (χ0) is 20.8. The normalized spacial score (nSPS) is 13.0. The molecule has 1 aliphatic rings. The first-order valence-corrected chi connectivity index (χ1v) is 15.9. The third kappa shape index (κ3) is 3.91. The summed E-state index contributed by atoms with van der Waals surface area (Å²) in [5, 5.41) is 0. The predicted octanol–water partition coefficient (Wildman–Crippen LogP) is 7.59. The van der Waals surface area contributed by atoms with E-state index in [0.717, 1.165) is 16.0 Å². The summed E-state index contributed by atoms with van der Waals surface area (Å²) in [6.07, 6.45) is 0.861. The van der Waals surface area contributed by atoms with Gasteiger partial charge in [-0.15, -0.1) is 0 Å². The van der Waals surface area contributed by atoms with Gasteiger partial charge in [0.15, 0.2) is 0 Å². The van der Waals surface area contributed by atoms with Crippen LogP contribution in [-0.4, -0.2) is 0 Å². The van der Waals surface area contributed by atoms with Crippen LogP contribution in [0.25, 0.3) is 11.1 Å². The molecule has 3 aromatic carbocycles. The first-order chi connectivity index (χ1) is 13.8. The number of benzene rings is 3. The molecular weight excluding hydrogens is 435 g/mol. The Hall–Kier alpha value is -1.25. The number of rotatable bonds is 5. The molecule has 29 heavy (non-hydrogen) atoms. The summed E-state index contributed by atoms with van der Waals surface area (Å²) in [5.74, 6) is 1.55. The Morgan fingerprint density at radius 1 is 0.759 bits per heavy atom. The van der Waals surface area contributed by atoms with Crippen molar-refractivity contribution in [3.63, 3.8) is 0 Å². The van der Waals surface area contributed by atoms with Crippen LogP contribution in [0.5, 0.6) is 5.75 Å².